The normalized spacial score (nSPS) is 8.43. The van der Waals surface area contributed by atoms with Gasteiger partial charge in [0.2, 0.25) is 0 Å². The maximum atomic E-state index is 8.55. The molecule has 0 unspecified atom stereocenters. The quantitative estimate of drug-likeness (QED) is 0.294. The first-order chi connectivity index (χ1) is 4.00. The van der Waals surface area contributed by atoms with E-state index in [0.29, 0.717) is 0 Å². The van der Waals surface area contributed by atoms with Crippen molar-refractivity contribution in [3.8, 4) is 0 Å². The summed E-state index contributed by atoms with van der Waals surface area (Å²) in [5.41, 5.74) is 0. The van der Waals surface area contributed by atoms with E-state index in [1.54, 1.807) is 0 Å². The molecule has 0 aliphatic carbocycles. The van der Waals surface area contributed by atoms with Crippen LogP contribution >= 0.6 is 15.6 Å². The van der Waals surface area contributed by atoms with Gasteiger partial charge in [-0.2, -0.15) is 15.6 Å². The van der Waals surface area contributed by atoms with Crippen LogP contribution in [0.2, 0.25) is 0 Å². The molecule has 0 saturated heterocycles. The Bertz CT molecular complexity index is 130. The van der Waals surface area contributed by atoms with E-state index in [1.807, 2.05) is 0 Å². The van der Waals surface area contributed by atoms with Gasteiger partial charge in [-0.25, -0.2) is 0 Å². The zero-order chi connectivity index (χ0) is 9.00. The Hall–Kier alpha value is 1.74. The van der Waals surface area contributed by atoms with Crippen LogP contribution in [0.1, 0.15) is 0 Å². The van der Waals surface area contributed by atoms with E-state index in [9.17, 15) is 0 Å². The van der Waals surface area contributed by atoms with E-state index >= 15 is 0 Å². The first kappa shape index (κ1) is 36.0. The Balaban J connectivity index is -0.0000000178. The van der Waals surface area contributed by atoms with Crippen molar-refractivity contribution in [2.75, 3.05) is 0 Å². The largest absolute Gasteiger partial charge is 2.00 e. The minimum atomic E-state index is -5.39. The van der Waals surface area contributed by atoms with Crippen molar-refractivity contribution in [1.82, 2.24) is 0 Å². The second-order valence-corrected chi connectivity index (χ2v) is 2.68. The third-order valence-corrected chi connectivity index (χ3v) is 0. The fraction of sp³-hybridized carbons (Fsp3) is 0. The van der Waals surface area contributed by atoms with Gasteiger partial charge in [-0.15, -0.1) is 0 Å². The van der Waals surface area contributed by atoms with Crippen molar-refractivity contribution in [3.63, 3.8) is 0 Å². The smallest absolute Gasteiger partial charge is 0.822 e. The molecule has 3 radical (unpaired) electrons. The summed E-state index contributed by atoms with van der Waals surface area (Å²) >= 11 is 0. The SMILES string of the molecule is O.O=P([O-])([O-])[O-].O=P([O-])([O-])[O-].[Mn+2].[Mn+2].[Mn+2]. The van der Waals surface area contributed by atoms with Gasteiger partial charge in [0, 0.05) is 0 Å². The fourth-order valence-corrected chi connectivity index (χ4v) is 0. The van der Waals surface area contributed by atoms with E-state index in [0.717, 1.165) is 0 Å². The molecule has 0 fully saturated rings. The summed E-state index contributed by atoms with van der Waals surface area (Å²) in [7, 11) is -10.8. The van der Waals surface area contributed by atoms with Gasteiger partial charge in [0.15, 0.2) is 0 Å². The third kappa shape index (κ3) is 738. The molecule has 87 valence electrons. The molecule has 0 rings (SSSR count). The Morgan fingerprint density at radius 2 is 0.571 bits per heavy atom. The average Bonchev–Trinajstić information content (AvgIpc) is 1.12. The van der Waals surface area contributed by atoms with Crippen LogP contribution in [-0.4, -0.2) is 5.48 Å². The molecule has 2 N–H and O–H groups in total. The van der Waals surface area contributed by atoms with Crippen LogP contribution in [0.4, 0.5) is 0 Å². The molecule has 0 aromatic heterocycles. The van der Waals surface area contributed by atoms with Gasteiger partial charge < -0.3 is 44.0 Å². The molecule has 0 aromatic carbocycles. The van der Waals surface area contributed by atoms with Crippen LogP contribution in [0.25, 0.3) is 0 Å². The molecule has 0 atom stereocenters. The standard InChI is InChI=1S/3Mn.2H3O4P.H2O/c;;;2*1-5(2,3)4;/h;;;2*(H3,1,2,3,4);1H2/q3*+2;;;/p-6. The number of hydrogen-bond acceptors (Lipinski definition) is 8. The van der Waals surface area contributed by atoms with E-state index < -0.39 is 15.6 Å². The second kappa shape index (κ2) is 14.7. The minimum absolute atomic E-state index is 0. The summed E-state index contributed by atoms with van der Waals surface area (Å²) in [6, 6.07) is 0. The molecule has 0 heterocycles. The predicted octanol–water partition coefficient (Wildman–Crippen LogP) is -6.48. The van der Waals surface area contributed by atoms with Crippen LogP contribution in [0, 0.1) is 0 Å². The van der Waals surface area contributed by atoms with Gasteiger partial charge in [0.1, 0.15) is 0 Å². The zero-order valence-corrected chi connectivity index (χ0v) is 11.1. The topological polar surface area (TPSA) is 204 Å². The summed E-state index contributed by atoms with van der Waals surface area (Å²) in [4.78, 5) is 51.3. The molecule has 9 nitrogen and oxygen atoms in total. The predicted molar refractivity (Wildman–Crippen MR) is 18.8 cm³/mol. The van der Waals surface area contributed by atoms with Crippen LogP contribution in [-0.2, 0) is 60.3 Å². The molecule has 14 heteroatoms. The maximum Gasteiger partial charge on any atom is 2.00 e. The number of phosphoric acid groups is 2. The first-order valence-corrected chi connectivity index (χ1v) is 4.38. The van der Waals surface area contributed by atoms with E-state index in [1.165, 1.54) is 0 Å². The van der Waals surface area contributed by atoms with Crippen molar-refractivity contribution in [3.05, 3.63) is 0 Å². The molecular weight excluding hydrogens is 371 g/mol. The van der Waals surface area contributed by atoms with Crippen molar-refractivity contribution < 1.29 is 95.2 Å². The van der Waals surface area contributed by atoms with Gasteiger partial charge in [-0.1, -0.05) is 0 Å². The summed E-state index contributed by atoms with van der Waals surface area (Å²) in [6.45, 7) is 0. The second-order valence-electron chi connectivity index (χ2n) is 0.894. The van der Waals surface area contributed by atoms with Gasteiger partial charge in [-0.05, 0) is 0 Å². The molecule has 14 heavy (non-hydrogen) atoms. The van der Waals surface area contributed by atoms with Crippen LogP contribution in [0.3, 0.4) is 0 Å². The summed E-state index contributed by atoms with van der Waals surface area (Å²) in [5, 5.41) is 0. The van der Waals surface area contributed by atoms with Crippen molar-refractivity contribution >= 4 is 15.6 Å². The molecule has 0 aromatic rings. The minimum Gasteiger partial charge on any atom is -0.822 e. The summed E-state index contributed by atoms with van der Waals surface area (Å²) < 4.78 is 17.1. The molecule has 0 aliphatic rings. The van der Waals surface area contributed by atoms with E-state index in [-0.39, 0.29) is 56.7 Å². The summed E-state index contributed by atoms with van der Waals surface area (Å²) in [5.74, 6) is 0. The molecule has 0 bridgehead atoms. The van der Waals surface area contributed by atoms with Gasteiger partial charge in [0.25, 0.3) is 0 Å². The number of rotatable bonds is 0. The Kier molecular flexibility index (Phi) is 37.9. The molecular formula is H2Mn3O9P2. The monoisotopic (exact) mass is 373 g/mol. The van der Waals surface area contributed by atoms with Gasteiger partial charge >= 0.3 is 51.2 Å². The van der Waals surface area contributed by atoms with Gasteiger partial charge in [0.05, 0.1) is 0 Å². The maximum absolute atomic E-state index is 8.55. The van der Waals surface area contributed by atoms with Crippen molar-refractivity contribution in [2.24, 2.45) is 0 Å². The van der Waals surface area contributed by atoms with E-state index in [4.69, 9.17) is 38.5 Å². The Morgan fingerprint density at radius 1 is 0.571 bits per heavy atom. The van der Waals surface area contributed by atoms with Crippen LogP contribution in [0.15, 0.2) is 0 Å². The third-order valence-electron chi connectivity index (χ3n) is 0. The van der Waals surface area contributed by atoms with Crippen LogP contribution in [0.5, 0.6) is 0 Å². The van der Waals surface area contributed by atoms with E-state index in [2.05, 4.69) is 0 Å². The zero-order valence-electron chi connectivity index (χ0n) is 5.79. The average molecular weight is 373 g/mol. The molecule has 0 amide bonds. The fourth-order valence-electron chi connectivity index (χ4n) is 0. The molecule has 0 saturated carbocycles. The van der Waals surface area contributed by atoms with Crippen molar-refractivity contribution in [1.29, 1.82) is 0 Å². The first-order valence-electron chi connectivity index (χ1n) is 1.46. The molecule has 0 aliphatic heterocycles. The number of hydrogen-bond donors (Lipinski definition) is 0. The van der Waals surface area contributed by atoms with Crippen LogP contribution < -0.4 is 29.4 Å². The Labute approximate surface area is 111 Å². The molecule has 0 spiro atoms. The van der Waals surface area contributed by atoms with Gasteiger partial charge in [-0.3, -0.25) is 0 Å². The summed E-state index contributed by atoms with van der Waals surface area (Å²) in [6.07, 6.45) is 0. The van der Waals surface area contributed by atoms with Crippen molar-refractivity contribution in [2.45, 2.75) is 0 Å². The Morgan fingerprint density at radius 3 is 0.571 bits per heavy atom.